The highest BCUT2D eigenvalue weighted by Crippen LogP contribution is 2.21. The maximum absolute atomic E-state index is 11.0. The van der Waals surface area contributed by atoms with Gasteiger partial charge in [-0.2, -0.15) is 0 Å². The third-order valence-corrected chi connectivity index (χ3v) is 3.22. The standard InChI is InChI=1S/C12H16N2O/c1-14-7-6-9-4-2-3-5-10(9)11(14)8-12(13)15/h2-5,11H,6-8H2,1H3,(H2,13,15)/p+1/t11-/m1/s1. The van der Waals surface area contributed by atoms with E-state index < -0.39 is 0 Å². The van der Waals surface area contributed by atoms with E-state index in [2.05, 4.69) is 25.2 Å². The predicted molar refractivity (Wildman–Crippen MR) is 58.5 cm³/mol. The van der Waals surface area contributed by atoms with E-state index in [-0.39, 0.29) is 11.9 Å². The van der Waals surface area contributed by atoms with Crippen LogP contribution in [0.4, 0.5) is 0 Å². The Bertz CT molecular complexity index is 376. The van der Waals surface area contributed by atoms with Gasteiger partial charge in [0, 0.05) is 12.0 Å². The number of fused-ring (bicyclic) bond motifs is 1. The van der Waals surface area contributed by atoms with Crippen LogP contribution in [0.3, 0.4) is 0 Å². The molecule has 1 heterocycles. The quantitative estimate of drug-likeness (QED) is 0.682. The molecule has 1 aromatic carbocycles. The molecule has 0 bridgehead atoms. The summed E-state index contributed by atoms with van der Waals surface area (Å²) in [4.78, 5) is 12.4. The zero-order valence-corrected chi connectivity index (χ0v) is 8.99. The van der Waals surface area contributed by atoms with E-state index >= 15 is 0 Å². The summed E-state index contributed by atoms with van der Waals surface area (Å²) in [6.45, 7) is 1.08. The summed E-state index contributed by atoms with van der Waals surface area (Å²) in [7, 11) is 2.13. The topological polar surface area (TPSA) is 47.5 Å². The highest BCUT2D eigenvalue weighted by molar-refractivity contribution is 5.74. The van der Waals surface area contributed by atoms with Gasteiger partial charge < -0.3 is 10.6 Å². The summed E-state index contributed by atoms with van der Waals surface area (Å²) in [6, 6.07) is 8.60. The summed E-state index contributed by atoms with van der Waals surface area (Å²) in [5.41, 5.74) is 7.95. The molecule has 1 aromatic rings. The van der Waals surface area contributed by atoms with Gasteiger partial charge in [0.05, 0.1) is 20.0 Å². The number of rotatable bonds is 2. The lowest BCUT2D eigenvalue weighted by Crippen LogP contribution is -3.10. The van der Waals surface area contributed by atoms with E-state index in [9.17, 15) is 4.79 Å². The first-order valence-corrected chi connectivity index (χ1v) is 5.37. The fraction of sp³-hybridized carbons (Fsp3) is 0.417. The molecule has 0 saturated carbocycles. The second-order valence-corrected chi connectivity index (χ2v) is 4.27. The minimum absolute atomic E-state index is 0.212. The van der Waals surface area contributed by atoms with E-state index in [0.717, 1.165) is 13.0 Å². The summed E-state index contributed by atoms with van der Waals surface area (Å²) in [5, 5.41) is 0. The zero-order chi connectivity index (χ0) is 10.8. The molecule has 0 spiro atoms. The Morgan fingerprint density at radius 1 is 1.53 bits per heavy atom. The summed E-state index contributed by atoms with van der Waals surface area (Å²) >= 11 is 0. The van der Waals surface area contributed by atoms with Crippen molar-refractivity contribution in [2.75, 3.05) is 13.6 Å². The Balaban J connectivity index is 2.32. The number of nitrogens with two attached hydrogens (primary N) is 1. The van der Waals surface area contributed by atoms with Gasteiger partial charge in [-0.15, -0.1) is 0 Å². The van der Waals surface area contributed by atoms with Crippen molar-refractivity contribution < 1.29 is 9.69 Å². The lowest BCUT2D eigenvalue weighted by Gasteiger charge is -2.30. The van der Waals surface area contributed by atoms with E-state index in [0.29, 0.717) is 6.42 Å². The van der Waals surface area contributed by atoms with Gasteiger partial charge in [-0.25, -0.2) is 0 Å². The van der Waals surface area contributed by atoms with E-state index in [1.807, 2.05) is 6.07 Å². The number of hydrogen-bond acceptors (Lipinski definition) is 1. The maximum Gasteiger partial charge on any atom is 0.223 e. The van der Waals surface area contributed by atoms with Gasteiger partial charge in [0.25, 0.3) is 0 Å². The molecule has 1 amide bonds. The van der Waals surface area contributed by atoms with Crippen LogP contribution in [0.5, 0.6) is 0 Å². The van der Waals surface area contributed by atoms with Crippen LogP contribution in [0.15, 0.2) is 24.3 Å². The third-order valence-electron chi connectivity index (χ3n) is 3.22. The fourth-order valence-electron chi connectivity index (χ4n) is 2.36. The molecule has 0 fully saturated rings. The monoisotopic (exact) mass is 205 g/mol. The minimum atomic E-state index is -0.212. The molecule has 0 aromatic heterocycles. The second-order valence-electron chi connectivity index (χ2n) is 4.27. The first-order chi connectivity index (χ1) is 7.18. The van der Waals surface area contributed by atoms with Crippen LogP contribution in [0.25, 0.3) is 0 Å². The molecule has 15 heavy (non-hydrogen) atoms. The van der Waals surface area contributed by atoms with Crippen LogP contribution in [-0.2, 0) is 11.2 Å². The van der Waals surface area contributed by atoms with Crippen molar-refractivity contribution in [3.63, 3.8) is 0 Å². The average Bonchev–Trinajstić information content (AvgIpc) is 2.22. The SMILES string of the molecule is C[NH+]1CCc2ccccc2[C@H]1CC(N)=O. The first kappa shape index (κ1) is 10.2. The lowest BCUT2D eigenvalue weighted by molar-refractivity contribution is -0.914. The van der Waals surface area contributed by atoms with Gasteiger partial charge in [0.15, 0.2) is 0 Å². The number of quaternary nitrogens is 1. The molecule has 0 radical (unpaired) electrons. The smallest absolute Gasteiger partial charge is 0.223 e. The summed E-state index contributed by atoms with van der Waals surface area (Å²) in [6.07, 6.45) is 1.54. The molecule has 3 heteroatoms. The zero-order valence-electron chi connectivity index (χ0n) is 8.99. The number of hydrogen-bond donors (Lipinski definition) is 2. The van der Waals surface area contributed by atoms with Gasteiger partial charge in [-0.1, -0.05) is 24.3 Å². The Morgan fingerprint density at radius 3 is 3.00 bits per heavy atom. The summed E-state index contributed by atoms with van der Waals surface area (Å²) in [5.74, 6) is -0.212. The molecule has 2 rings (SSSR count). The van der Waals surface area contributed by atoms with Crippen LogP contribution in [0, 0.1) is 0 Å². The van der Waals surface area contributed by atoms with Crippen LogP contribution in [0.2, 0.25) is 0 Å². The number of likely N-dealkylation sites (N-methyl/N-ethyl adjacent to an activating group) is 1. The minimum Gasteiger partial charge on any atom is -0.369 e. The van der Waals surface area contributed by atoms with Crippen LogP contribution >= 0.6 is 0 Å². The molecule has 0 aliphatic carbocycles. The van der Waals surface area contributed by atoms with Crippen molar-refractivity contribution >= 4 is 5.91 Å². The normalized spacial score (nSPS) is 24.6. The van der Waals surface area contributed by atoms with E-state index in [4.69, 9.17) is 5.73 Å². The van der Waals surface area contributed by atoms with Gasteiger partial charge in [-0.05, 0) is 5.56 Å². The van der Waals surface area contributed by atoms with Crippen molar-refractivity contribution in [2.24, 2.45) is 5.73 Å². The molecule has 0 saturated heterocycles. The number of primary amides is 1. The highest BCUT2D eigenvalue weighted by atomic mass is 16.1. The number of carbonyl (C=O) groups excluding carboxylic acids is 1. The molecule has 80 valence electrons. The van der Waals surface area contributed by atoms with Crippen molar-refractivity contribution in [3.05, 3.63) is 35.4 Å². The highest BCUT2D eigenvalue weighted by Gasteiger charge is 2.28. The molecule has 1 unspecified atom stereocenters. The van der Waals surface area contributed by atoms with Crippen molar-refractivity contribution in [2.45, 2.75) is 18.9 Å². The Labute approximate surface area is 89.9 Å². The second kappa shape index (κ2) is 4.03. The van der Waals surface area contributed by atoms with Crippen LogP contribution < -0.4 is 10.6 Å². The molecule has 3 nitrogen and oxygen atoms in total. The average molecular weight is 205 g/mol. The molecule has 3 N–H and O–H groups in total. The Hall–Kier alpha value is -1.35. The predicted octanol–water partition coefficient (Wildman–Crippen LogP) is -0.326. The van der Waals surface area contributed by atoms with Crippen LogP contribution in [0.1, 0.15) is 23.6 Å². The fourth-order valence-corrected chi connectivity index (χ4v) is 2.36. The number of nitrogens with one attached hydrogen (secondary N) is 1. The summed E-state index contributed by atoms with van der Waals surface area (Å²) < 4.78 is 0. The molecular weight excluding hydrogens is 188 g/mol. The van der Waals surface area contributed by atoms with Crippen LogP contribution in [-0.4, -0.2) is 19.5 Å². The number of carbonyl (C=O) groups is 1. The van der Waals surface area contributed by atoms with Crippen molar-refractivity contribution in [3.8, 4) is 0 Å². The first-order valence-electron chi connectivity index (χ1n) is 5.37. The number of benzene rings is 1. The van der Waals surface area contributed by atoms with Gasteiger partial charge in [0.2, 0.25) is 5.91 Å². The third kappa shape index (κ3) is 2.02. The molecule has 2 atom stereocenters. The number of amides is 1. The largest absolute Gasteiger partial charge is 0.369 e. The van der Waals surface area contributed by atoms with Gasteiger partial charge in [-0.3, -0.25) is 4.79 Å². The van der Waals surface area contributed by atoms with E-state index in [1.54, 1.807) is 0 Å². The molecular formula is C12H17N2O+. The van der Waals surface area contributed by atoms with Crippen molar-refractivity contribution in [1.82, 2.24) is 0 Å². The van der Waals surface area contributed by atoms with E-state index in [1.165, 1.54) is 16.0 Å². The van der Waals surface area contributed by atoms with Gasteiger partial charge in [0.1, 0.15) is 6.04 Å². The van der Waals surface area contributed by atoms with Gasteiger partial charge >= 0.3 is 0 Å². The Morgan fingerprint density at radius 2 is 2.27 bits per heavy atom. The maximum atomic E-state index is 11.0. The lowest BCUT2D eigenvalue weighted by atomic mass is 9.91. The Kier molecular flexibility index (Phi) is 2.73. The molecule has 1 aliphatic rings. The molecule has 1 aliphatic heterocycles. The van der Waals surface area contributed by atoms with Crippen molar-refractivity contribution in [1.29, 1.82) is 0 Å².